The van der Waals surface area contributed by atoms with Gasteiger partial charge in [-0.25, -0.2) is 4.98 Å². The van der Waals surface area contributed by atoms with Crippen molar-refractivity contribution < 1.29 is 14.3 Å². The average Bonchev–Trinajstić information content (AvgIpc) is 2.66. The normalized spacial score (nSPS) is 10.6. The molecule has 1 heterocycles. The third kappa shape index (κ3) is 5.96. The Hall–Kier alpha value is -2.61. The van der Waals surface area contributed by atoms with Gasteiger partial charge in [-0.3, -0.25) is 19.0 Å². The fourth-order valence-corrected chi connectivity index (χ4v) is 3.26. The minimum Gasteiger partial charge on any atom is -0.466 e. The highest BCUT2D eigenvalue weighted by Crippen LogP contribution is 2.17. The van der Waals surface area contributed by atoms with E-state index in [4.69, 9.17) is 4.74 Å². The standard InChI is InChI=1S/C19H23N3O4S/c1-3-12-22-18(25)14-8-5-6-9-15(14)21-19(22)27-13-16(23)20-11-7-10-17(24)26-4-2/h3,5-6,8-9H,1,4,7,10-13H2,2H3,(H,20,23). The van der Waals surface area contributed by atoms with Crippen LogP contribution in [0.4, 0.5) is 0 Å². The minimum atomic E-state index is -0.269. The number of thioether (sulfide) groups is 1. The summed E-state index contributed by atoms with van der Waals surface area (Å²) in [5.41, 5.74) is 0.443. The Balaban J connectivity index is 1.96. The molecule has 2 rings (SSSR count). The molecule has 1 N–H and O–H groups in total. The summed E-state index contributed by atoms with van der Waals surface area (Å²) in [6.07, 6.45) is 2.41. The summed E-state index contributed by atoms with van der Waals surface area (Å²) in [6.45, 7) is 6.50. The van der Waals surface area contributed by atoms with E-state index in [9.17, 15) is 14.4 Å². The van der Waals surface area contributed by atoms with E-state index in [2.05, 4.69) is 16.9 Å². The Morgan fingerprint density at radius 1 is 1.37 bits per heavy atom. The SMILES string of the molecule is C=CCn1c(SCC(=O)NCCCC(=O)OCC)nc2ccccc2c1=O. The number of amides is 1. The van der Waals surface area contributed by atoms with E-state index < -0.39 is 0 Å². The highest BCUT2D eigenvalue weighted by atomic mass is 32.2. The van der Waals surface area contributed by atoms with Gasteiger partial charge in [0.15, 0.2) is 5.16 Å². The Bertz CT molecular complexity index is 879. The maximum Gasteiger partial charge on any atom is 0.305 e. The molecule has 0 fully saturated rings. The molecule has 0 atom stereocenters. The predicted molar refractivity (Wildman–Crippen MR) is 106 cm³/mol. The summed E-state index contributed by atoms with van der Waals surface area (Å²) in [7, 11) is 0. The number of rotatable bonds is 10. The van der Waals surface area contributed by atoms with Crippen LogP contribution < -0.4 is 10.9 Å². The van der Waals surface area contributed by atoms with E-state index in [1.807, 2.05) is 6.07 Å². The number of aromatic nitrogens is 2. The quantitative estimate of drug-likeness (QED) is 0.220. The van der Waals surface area contributed by atoms with Gasteiger partial charge in [-0.05, 0) is 25.5 Å². The molecule has 144 valence electrons. The van der Waals surface area contributed by atoms with Gasteiger partial charge in [0.2, 0.25) is 5.91 Å². The van der Waals surface area contributed by atoms with Gasteiger partial charge in [0.05, 0.1) is 23.3 Å². The van der Waals surface area contributed by atoms with Crippen molar-refractivity contribution >= 4 is 34.5 Å². The van der Waals surface area contributed by atoms with Crippen LogP contribution in [0.2, 0.25) is 0 Å². The van der Waals surface area contributed by atoms with Crippen molar-refractivity contribution in [2.24, 2.45) is 0 Å². The summed E-state index contributed by atoms with van der Waals surface area (Å²) in [5.74, 6) is -0.326. The summed E-state index contributed by atoms with van der Waals surface area (Å²) < 4.78 is 6.34. The number of para-hydroxylation sites is 1. The van der Waals surface area contributed by atoms with E-state index in [0.717, 1.165) is 0 Å². The van der Waals surface area contributed by atoms with Crippen LogP contribution >= 0.6 is 11.8 Å². The second-order valence-electron chi connectivity index (χ2n) is 5.66. The molecule has 0 saturated heterocycles. The molecule has 1 aromatic carbocycles. The summed E-state index contributed by atoms with van der Waals surface area (Å²) in [4.78, 5) is 40.4. The second-order valence-corrected chi connectivity index (χ2v) is 6.61. The number of nitrogens with zero attached hydrogens (tertiary/aromatic N) is 2. The first kappa shape index (κ1) is 20.7. The van der Waals surface area contributed by atoms with Crippen LogP contribution in [0.5, 0.6) is 0 Å². The second kappa shape index (κ2) is 10.5. The van der Waals surface area contributed by atoms with Crippen LogP contribution in [0.1, 0.15) is 19.8 Å². The number of nitrogens with one attached hydrogen (secondary N) is 1. The van der Waals surface area contributed by atoms with E-state index in [1.54, 1.807) is 31.2 Å². The lowest BCUT2D eigenvalue weighted by molar-refractivity contribution is -0.143. The zero-order valence-corrected chi connectivity index (χ0v) is 16.1. The molecule has 8 heteroatoms. The molecule has 27 heavy (non-hydrogen) atoms. The number of hydrogen-bond acceptors (Lipinski definition) is 6. The van der Waals surface area contributed by atoms with Crippen molar-refractivity contribution in [3.8, 4) is 0 Å². The van der Waals surface area contributed by atoms with Crippen molar-refractivity contribution in [3.05, 3.63) is 47.3 Å². The molecule has 0 radical (unpaired) electrons. The maximum absolute atomic E-state index is 12.6. The zero-order chi connectivity index (χ0) is 19.6. The Labute approximate surface area is 161 Å². The molecule has 1 aromatic heterocycles. The van der Waals surface area contributed by atoms with Crippen LogP contribution in [0.25, 0.3) is 10.9 Å². The lowest BCUT2D eigenvalue weighted by atomic mass is 10.2. The van der Waals surface area contributed by atoms with Crippen molar-refractivity contribution in [1.29, 1.82) is 0 Å². The van der Waals surface area contributed by atoms with E-state index >= 15 is 0 Å². The van der Waals surface area contributed by atoms with Gasteiger partial charge < -0.3 is 10.1 Å². The number of benzene rings is 1. The molecule has 0 unspecified atom stereocenters. The Morgan fingerprint density at radius 3 is 2.89 bits per heavy atom. The monoisotopic (exact) mass is 389 g/mol. The lowest BCUT2D eigenvalue weighted by Crippen LogP contribution is -2.28. The average molecular weight is 389 g/mol. The number of carbonyl (C=O) groups excluding carboxylic acids is 2. The summed E-state index contributed by atoms with van der Waals surface area (Å²) >= 11 is 1.20. The van der Waals surface area contributed by atoms with Crippen molar-refractivity contribution in [2.75, 3.05) is 18.9 Å². The first-order valence-electron chi connectivity index (χ1n) is 8.72. The molecule has 1 amide bonds. The molecule has 0 aliphatic heterocycles. The van der Waals surface area contributed by atoms with Gasteiger partial charge in [0.25, 0.3) is 5.56 Å². The molecule has 0 saturated carbocycles. The number of hydrogen-bond donors (Lipinski definition) is 1. The molecule has 0 aliphatic carbocycles. The largest absolute Gasteiger partial charge is 0.466 e. The topological polar surface area (TPSA) is 90.3 Å². The first-order valence-corrected chi connectivity index (χ1v) is 9.71. The maximum atomic E-state index is 12.6. The van der Waals surface area contributed by atoms with E-state index in [-0.39, 0.29) is 29.6 Å². The third-order valence-electron chi connectivity index (χ3n) is 3.66. The summed E-state index contributed by atoms with van der Waals surface area (Å²) in [5, 5.41) is 3.76. The molecule has 0 aliphatic rings. The van der Waals surface area contributed by atoms with Crippen LogP contribution in [0.15, 0.2) is 46.9 Å². The number of fused-ring (bicyclic) bond motifs is 1. The Morgan fingerprint density at radius 2 is 2.15 bits per heavy atom. The molecule has 7 nitrogen and oxygen atoms in total. The van der Waals surface area contributed by atoms with Gasteiger partial charge in [-0.1, -0.05) is 30.0 Å². The third-order valence-corrected chi connectivity index (χ3v) is 4.63. The zero-order valence-electron chi connectivity index (χ0n) is 15.3. The van der Waals surface area contributed by atoms with Gasteiger partial charge >= 0.3 is 5.97 Å². The van der Waals surface area contributed by atoms with Gasteiger partial charge in [-0.15, -0.1) is 6.58 Å². The van der Waals surface area contributed by atoms with Crippen molar-refractivity contribution in [1.82, 2.24) is 14.9 Å². The first-order chi connectivity index (χ1) is 13.1. The number of ether oxygens (including phenoxy) is 1. The number of allylic oxidation sites excluding steroid dienone is 1. The molecular weight excluding hydrogens is 366 g/mol. The molecular formula is C19H23N3O4S. The lowest BCUT2D eigenvalue weighted by Gasteiger charge is -2.11. The highest BCUT2D eigenvalue weighted by Gasteiger charge is 2.12. The molecule has 2 aromatic rings. The minimum absolute atomic E-state index is 0.126. The van der Waals surface area contributed by atoms with E-state index in [1.165, 1.54) is 16.3 Å². The van der Waals surface area contributed by atoms with Crippen molar-refractivity contribution in [2.45, 2.75) is 31.5 Å². The Kier molecular flexibility index (Phi) is 8.06. The smallest absolute Gasteiger partial charge is 0.305 e. The highest BCUT2D eigenvalue weighted by molar-refractivity contribution is 7.99. The number of carbonyl (C=O) groups is 2. The van der Waals surface area contributed by atoms with Gasteiger partial charge in [0.1, 0.15) is 0 Å². The fraction of sp³-hybridized carbons (Fsp3) is 0.368. The van der Waals surface area contributed by atoms with Gasteiger partial charge in [0, 0.05) is 19.5 Å². The predicted octanol–water partition coefficient (Wildman–Crippen LogP) is 2.13. The van der Waals surface area contributed by atoms with E-state index in [0.29, 0.717) is 42.2 Å². The molecule has 0 bridgehead atoms. The van der Waals surface area contributed by atoms with Crippen molar-refractivity contribution in [3.63, 3.8) is 0 Å². The van der Waals surface area contributed by atoms with Crippen LogP contribution in [0.3, 0.4) is 0 Å². The molecule has 0 spiro atoms. The fourth-order valence-electron chi connectivity index (χ4n) is 2.42. The summed E-state index contributed by atoms with van der Waals surface area (Å²) in [6, 6.07) is 7.11. The number of esters is 1. The van der Waals surface area contributed by atoms with Crippen LogP contribution in [-0.4, -0.2) is 40.3 Å². The van der Waals surface area contributed by atoms with Gasteiger partial charge in [-0.2, -0.15) is 0 Å². The van der Waals surface area contributed by atoms with Crippen LogP contribution in [-0.2, 0) is 20.9 Å². The van der Waals surface area contributed by atoms with Crippen LogP contribution in [0, 0.1) is 0 Å².